The molecular weight excluding hydrogens is 248 g/mol. The van der Waals surface area contributed by atoms with E-state index in [-0.39, 0.29) is 18.6 Å². The van der Waals surface area contributed by atoms with Crippen LogP contribution in [0.25, 0.3) is 0 Å². The van der Waals surface area contributed by atoms with Gasteiger partial charge in [0.25, 0.3) is 0 Å². The van der Waals surface area contributed by atoms with Gasteiger partial charge in [-0.1, -0.05) is 6.92 Å². The number of aryl methyl sites for hydroxylation is 1. The summed E-state index contributed by atoms with van der Waals surface area (Å²) in [5.74, 6) is 0.541. The number of ether oxygens (including phenoxy) is 1. The van der Waals surface area contributed by atoms with Crippen LogP contribution >= 0.6 is 0 Å². The summed E-state index contributed by atoms with van der Waals surface area (Å²) in [5, 5.41) is 5.44. The normalized spacial score (nSPS) is 11.8. The summed E-state index contributed by atoms with van der Waals surface area (Å²) < 4.78 is 10.0. The molecule has 0 bridgehead atoms. The van der Waals surface area contributed by atoms with Crippen LogP contribution in [0.3, 0.4) is 0 Å². The van der Waals surface area contributed by atoms with E-state index in [1.54, 1.807) is 13.0 Å². The highest BCUT2D eigenvalue weighted by Crippen LogP contribution is 2.15. The largest absolute Gasteiger partial charge is 0.465 e. The fraction of sp³-hybridized carbons (Fsp3) is 0.538. The van der Waals surface area contributed by atoms with Crippen LogP contribution in [0, 0.1) is 6.92 Å². The Morgan fingerprint density at radius 2 is 2.16 bits per heavy atom. The SMILES string of the molecule is CCC(C)NC(=O)NCc1cc(C(=O)OC)c(C)o1. The number of hydrogen-bond acceptors (Lipinski definition) is 4. The molecule has 1 rings (SSSR count). The fourth-order valence-corrected chi connectivity index (χ4v) is 1.49. The van der Waals surface area contributed by atoms with Crippen molar-refractivity contribution in [2.24, 2.45) is 0 Å². The van der Waals surface area contributed by atoms with Gasteiger partial charge in [-0.15, -0.1) is 0 Å². The number of carbonyl (C=O) groups excluding carboxylic acids is 2. The van der Waals surface area contributed by atoms with Gasteiger partial charge in [0.1, 0.15) is 17.1 Å². The van der Waals surface area contributed by atoms with E-state index in [1.807, 2.05) is 13.8 Å². The first-order valence-electron chi connectivity index (χ1n) is 6.19. The number of methoxy groups -OCH3 is 1. The van der Waals surface area contributed by atoms with Crippen LogP contribution in [0.2, 0.25) is 0 Å². The van der Waals surface area contributed by atoms with Gasteiger partial charge < -0.3 is 19.8 Å². The van der Waals surface area contributed by atoms with Crippen LogP contribution in [0.1, 0.15) is 42.1 Å². The molecule has 106 valence electrons. The minimum Gasteiger partial charge on any atom is -0.465 e. The molecule has 6 heteroatoms. The van der Waals surface area contributed by atoms with Gasteiger partial charge in [-0.25, -0.2) is 9.59 Å². The quantitative estimate of drug-likeness (QED) is 0.800. The third-order valence-corrected chi connectivity index (χ3v) is 2.79. The summed E-state index contributed by atoms with van der Waals surface area (Å²) >= 11 is 0. The molecular formula is C13H20N2O4. The van der Waals surface area contributed by atoms with Crippen LogP contribution in [0.15, 0.2) is 10.5 Å². The third-order valence-electron chi connectivity index (χ3n) is 2.79. The Morgan fingerprint density at radius 3 is 2.74 bits per heavy atom. The lowest BCUT2D eigenvalue weighted by Gasteiger charge is -2.11. The van der Waals surface area contributed by atoms with Gasteiger partial charge >= 0.3 is 12.0 Å². The zero-order chi connectivity index (χ0) is 14.4. The van der Waals surface area contributed by atoms with Gasteiger partial charge in [-0.3, -0.25) is 0 Å². The number of urea groups is 1. The lowest BCUT2D eigenvalue weighted by atomic mass is 10.2. The van der Waals surface area contributed by atoms with Crippen molar-refractivity contribution in [3.8, 4) is 0 Å². The summed E-state index contributed by atoms with van der Waals surface area (Å²) in [6.45, 7) is 5.81. The standard InChI is InChI=1S/C13H20N2O4/c1-5-8(2)15-13(17)14-7-10-6-11(9(3)19-10)12(16)18-4/h6,8H,5,7H2,1-4H3,(H2,14,15,17). The number of hydrogen-bond donors (Lipinski definition) is 2. The second-order valence-electron chi connectivity index (χ2n) is 4.31. The van der Waals surface area contributed by atoms with E-state index in [4.69, 9.17) is 4.42 Å². The number of amides is 2. The number of rotatable bonds is 5. The second-order valence-corrected chi connectivity index (χ2v) is 4.31. The maximum atomic E-state index is 11.5. The molecule has 0 aliphatic carbocycles. The van der Waals surface area contributed by atoms with Gasteiger partial charge in [0.05, 0.1) is 13.7 Å². The zero-order valence-electron chi connectivity index (χ0n) is 11.7. The summed E-state index contributed by atoms with van der Waals surface area (Å²) in [6, 6.07) is 1.43. The number of esters is 1. The number of furan rings is 1. The molecule has 0 saturated carbocycles. The van der Waals surface area contributed by atoms with Crippen molar-refractivity contribution < 1.29 is 18.7 Å². The van der Waals surface area contributed by atoms with E-state index in [0.29, 0.717) is 17.1 Å². The first kappa shape index (κ1) is 15.1. The van der Waals surface area contributed by atoms with Crippen molar-refractivity contribution in [2.75, 3.05) is 7.11 Å². The summed E-state index contributed by atoms with van der Waals surface area (Å²) in [4.78, 5) is 22.9. The molecule has 0 aromatic carbocycles. The van der Waals surface area contributed by atoms with Crippen molar-refractivity contribution in [2.45, 2.75) is 39.8 Å². The molecule has 0 aliphatic rings. The predicted octanol–water partition coefficient (Wildman–Crippen LogP) is 1.97. The van der Waals surface area contributed by atoms with Crippen LogP contribution < -0.4 is 10.6 Å². The second kappa shape index (κ2) is 6.82. The topological polar surface area (TPSA) is 80.6 Å². The van der Waals surface area contributed by atoms with Gasteiger partial charge in [-0.2, -0.15) is 0 Å². The minimum absolute atomic E-state index is 0.115. The number of nitrogens with one attached hydrogen (secondary N) is 2. The smallest absolute Gasteiger partial charge is 0.341 e. The lowest BCUT2D eigenvalue weighted by Crippen LogP contribution is -2.40. The van der Waals surface area contributed by atoms with Gasteiger partial charge in [0.15, 0.2) is 0 Å². The molecule has 0 fully saturated rings. The van der Waals surface area contributed by atoms with E-state index < -0.39 is 5.97 Å². The first-order chi connectivity index (χ1) is 8.97. The molecule has 1 heterocycles. The molecule has 1 atom stereocenters. The van der Waals surface area contributed by atoms with Gasteiger partial charge in [0.2, 0.25) is 0 Å². The van der Waals surface area contributed by atoms with Gasteiger partial charge in [-0.05, 0) is 26.3 Å². The predicted molar refractivity (Wildman–Crippen MR) is 69.9 cm³/mol. The molecule has 19 heavy (non-hydrogen) atoms. The highest BCUT2D eigenvalue weighted by atomic mass is 16.5. The summed E-state index contributed by atoms with van der Waals surface area (Å²) in [7, 11) is 1.31. The van der Waals surface area contributed by atoms with Crippen LogP contribution in [-0.4, -0.2) is 25.2 Å². The van der Waals surface area contributed by atoms with Crippen LogP contribution in [-0.2, 0) is 11.3 Å². The van der Waals surface area contributed by atoms with Crippen LogP contribution in [0.5, 0.6) is 0 Å². The van der Waals surface area contributed by atoms with Gasteiger partial charge in [0, 0.05) is 6.04 Å². The third kappa shape index (κ3) is 4.31. The average molecular weight is 268 g/mol. The van der Waals surface area contributed by atoms with Crippen molar-refractivity contribution >= 4 is 12.0 Å². The van der Waals surface area contributed by atoms with Crippen molar-refractivity contribution in [3.05, 3.63) is 23.2 Å². The molecule has 0 aliphatic heterocycles. The fourth-order valence-electron chi connectivity index (χ4n) is 1.49. The van der Waals surface area contributed by atoms with E-state index >= 15 is 0 Å². The molecule has 6 nitrogen and oxygen atoms in total. The molecule has 0 saturated heterocycles. The van der Waals surface area contributed by atoms with Crippen molar-refractivity contribution in [1.29, 1.82) is 0 Å². The Balaban J connectivity index is 2.54. The highest BCUT2D eigenvalue weighted by molar-refractivity contribution is 5.90. The zero-order valence-corrected chi connectivity index (χ0v) is 11.7. The Hall–Kier alpha value is -1.98. The molecule has 1 aromatic rings. The lowest BCUT2D eigenvalue weighted by molar-refractivity contribution is 0.0598. The van der Waals surface area contributed by atoms with Crippen molar-refractivity contribution in [3.63, 3.8) is 0 Å². The van der Waals surface area contributed by atoms with E-state index in [2.05, 4.69) is 15.4 Å². The number of carbonyl (C=O) groups is 2. The van der Waals surface area contributed by atoms with E-state index in [0.717, 1.165) is 6.42 Å². The van der Waals surface area contributed by atoms with Crippen LogP contribution in [0.4, 0.5) is 4.79 Å². The molecule has 2 amide bonds. The summed E-state index contributed by atoms with van der Waals surface area (Å²) in [6.07, 6.45) is 0.861. The molecule has 0 radical (unpaired) electrons. The van der Waals surface area contributed by atoms with Crippen molar-refractivity contribution in [1.82, 2.24) is 10.6 Å². The maximum absolute atomic E-state index is 11.5. The Kier molecular flexibility index (Phi) is 5.41. The minimum atomic E-state index is -0.448. The Labute approximate surface area is 112 Å². The molecule has 0 spiro atoms. The maximum Gasteiger partial charge on any atom is 0.341 e. The molecule has 2 N–H and O–H groups in total. The first-order valence-corrected chi connectivity index (χ1v) is 6.19. The Morgan fingerprint density at radius 1 is 1.47 bits per heavy atom. The summed E-state index contributed by atoms with van der Waals surface area (Å²) in [5.41, 5.74) is 0.377. The molecule has 1 aromatic heterocycles. The average Bonchev–Trinajstić information content (AvgIpc) is 2.76. The van der Waals surface area contributed by atoms with E-state index in [9.17, 15) is 9.59 Å². The Bertz CT molecular complexity index is 453. The highest BCUT2D eigenvalue weighted by Gasteiger charge is 2.15. The van der Waals surface area contributed by atoms with E-state index in [1.165, 1.54) is 7.11 Å². The monoisotopic (exact) mass is 268 g/mol. The molecule has 1 unspecified atom stereocenters.